The van der Waals surface area contributed by atoms with Crippen LogP contribution in [0.2, 0.25) is 0 Å². The number of imidazole rings is 1. The van der Waals surface area contributed by atoms with E-state index in [1.807, 2.05) is 0 Å². The van der Waals surface area contributed by atoms with E-state index < -0.39 is 11.5 Å². The van der Waals surface area contributed by atoms with Gasteiger partial charge in [-0.15, -0.1) is 5.10 Å². The lowest BCUT2D eigenvalue weighted by Gasteiger charge is -2.16. The van der Waals surface area contributed by atoms with Gasteiger partial charge < -0.3 is 5.32 Å². The lowest BCUT2D eigenvalue weighted by Crippen LogP contribution is -2.33. The maximum Gasteiger partial charge on any atom is 0.293 e. The molecular weight excluding hydrogens is 384 g/mol. The first-order valence-corrected chi connectivity index (χ1v) is 9.36. The van der Waals surface area contributed by atoms with Crippen LogP contribution < -0.4 is 16.3 Å². The van der Waals surface area contributed by atoms with Gasteiger partial charge in [0, 0.05) is 29.9 Å². The van der Waals surface area contributed by atoms with Gasteiger partial charge in [0.15, 0.2) is 17.2 Å². The van der Waals surface area contributed by atoms with Gasteiger partial charge in [0.2, 0.25) is 0 Å². The predicted octanol–water partition coefficient (Wildman–Crippen LogP) is 2.15. The number of benzene rings is 1. The standard InChI is InChI=1S/C21H16N6O3/c28-17-7-6-16-14(17)12-15(23-20(29)13-4-2-1-3-5-13)21(30)27(16)25-18-8-9-19-22-10-11-26(19)24-18/h1-5,8-12H,6-7H2,(H,23,29)(H,24,25). The van der Waals surface area contributed by atoms with Gasteiger partial charge in [-0.3, -0.25) is 19.8 Å². The maximum absolute atomic E-state index is 13.1. The molecule has 4 aromatic rings. The molecule has 0 unspecified atom stereocenters. The highest BCUT2D eigenvalue weighted by Crippen LogP contribution is 2.23. The average molecular weight is 400 g/mol. The Kier molecular flexibility index (Phi) is 4.13. The summed E-state index contributed by atoms with van der Waals surface area (Å²) in [6, 6.07) is 13.5. The van der Waals surface area contributed by atoms with Crippen molar-refractivity contribution in [1.82, 2.24) is 19.3 Å². The Labute approximate surface area is 170 Å². The van der Waals surface area contributed by atoms with E-state index in [1.165, 1.54) is 10.7 Å². The minimum absolute atomic E-state index is 0.0223. The number of fused-ring (bicyclic) bond motifs is 2. The first kappa shape index (κ1) is 17.8. The molecule has 5 rings (SSSR count). The molecule has 0 bridgehead atoms. The van der Waals surface area contributed by atoms with E-state index in [4.69, 9.17) is 0 Å². The summed E-state index contributed by atoms with van der Waals surface area (Å²) in [5.41, 5.74) is 4.57. The van der Waals surface area contributed by atoms with Crippen molar-refractivity contribution in [2.45, 2.75) is 12.8 Å². The summed E-state index contributed by atoms with van der Waals surface area (Å²) < 4.78 is 2.85. The number of Topliss-reactive ketones (excluding diaryl/α,β-unsaturated/α-hetero) is 1. The summed E-state index contributed by atoms with van der Waals surface area (Å²) >= 11 is 0. The first-order valence-electron chi connectivity index (χ1n) is 9.36. The number of amides is 1. The monoisotopic (exact) mass is 400 g/mol. The smallest absolute Gasteiger partial charge is 0.293 e. The van der Waals surface area contributed by atoms with Gasteiger partial charge in [-0.05, 0) is 36.8 Å². The molecule has 0 saturated heterocycles. The van der Waals surface area contributed by atoms with Crippen molar-refractivity contribution in [3.8, 4) is 0 Å². The maximum atomic E-state index is 13.1. The second-order valence-corrected chi connectivity index (χ2v) is 6.86. The third-order valence-corrected chi connectivity index (χ3v) is 4.96. The number of pyridine rings is 1. The quantitative estimate of drug-likeness (QED) is 0.543. The summed E-state index contributed by atoms with van der Waals surface area (Å²) in [4.78, 5) is 42.2. The topological polar surface area (TPSA) is 110 Å². The van der Waals surface area contributed by atoms with Crippen molar-refractivity contribution in [2.75, 3.05) is 10.7 Å². The molecule has 0 fully saturated rings. The summed E-state index contributed by atoms with van der Waals surface area (Å²) in [5, 5.41) is 6.99. The predicted molar refractivity (Wildman–Crippen MR) is 110 cm³/mol. The fourth-order valence-corrected chi connectivity index (χ4v) is 3.49. The van der Waals surface area contributed by atoms with E-state index in [-0.39, 0.29) is 11.5 Å². The second kappa shape index (κ2) is 6.96. The van der Waals surface area contributed by atoms with E-state index in [9.17, 15) is 14.4 Å². The number of anilines is 2. The fraction of sp³-hybridized carbons (Fsp3) is 0.0952. The molecule has 9 heteroatoms. The number of carbonyl (C=O) groups excluding carboxylic acids is 2. The van der Waals surface area contributed by atoms with Crippen molar-refractivity contribution < 1.29 is 9.59 Å². The second-order valence-electron chi connectivity index (χ2n) is 6.86. The summed E-state index contributed by atoms with van der Waals surface area (Å²) in [6.45, 7) is 0. The molecule has 9 nitrogen and oxygen atoms in total. The van der Waals surface area contributed by atoms with Gasteiger partial charge in [-0.1, -0.05) is 18.2 Å². The van der Waals surface area contributed by atoms with Gasteiger partial charge in [0.25, 0.3) is 11.5 Å². The average Bonchev–Trinajstić information content (AvgIpc) is 3.38. The van der Waals surface area contributed by atoms with Crippen molar-refractivity contribution in [3.63, 3.8) is 0 Å². The zero-order valence-corrected chi connectivity index (χ0v) is 15.7. The van der Waals surface area contributed by atoms with Crippen LogP contribution in [-0.2, 0) is 6.42 Å². The number of ketones is 1. The number of rotatable bonds is 4. The fourth-order valence-electron chi connectivity index (χ4n) is 3.49. The molecule has 2 N–H and O–H groups in total. The highest BCUT2D eigenvalue weighted by Gasteiger charge is 2.26. The molecule has 0 radical (unpaired) electrons. The number of carbonyl (C=O) groups is 2. The first-order chi connectivity index (χ1) is 14.6. The minimum Gasteiger partial charge on any atom is -0.317 e. The van der Waals surface area contributed by atoms with Gasteiger partial charge in [-0.25, -0.2) is 14.2 Å². The largest absolute Gasteiger partial charge is 0.317 e. The molecule has 0 atom stereocenters. The van der Waals surface area contributed by atoms with Crippen LogP contribution in [0.5, 0.6) is 0 Å². The lowest BCUT2D eigenvalue weighted by atomic mass is 10.1. The highest BCUT2D eigenvalue weighted by molar-refractivity contribution is 6.06. The Morgan fingerprint density at radius 3 is 2.70 bits per heavy atom. The Hall–Kier alpha value is -4.27. The number of aromatic nitrogens is 4. The molecular formula is C21H16N6O3. The Morgan fingerprint density at radius 2 is 1.87 bits per heavy atom. The zero-order valence-electron chi connectivity index (χ0n) is 15.7. The van der Waals surface area contributed by atoms with E-state index in [0.717, 1.165) is 0 Å². The number of hydrogen-bond acceptors (Lipinski definition) is 6. The lowest BCUT2D eigenvalue weighted by molar-refractivity contribution is 0.0991. The molecule has 1 amide bonds. The summed E-state index contributed by atoms with van der Waals surface area (Å²) in [7, 11) is 0. The molecule has 1 aliphatic rings. The number of nitrogens with one attached hydrogen (secondary N) is 2. The number of hydrogen-bond donors (Lipinski definition) is 2. The van der Waals surface area contributed by atoms with E-state index >= 15 is 0 Å². The van der Waals surface area contributed by atoms with Crippen LogP contribution in [-0.4, -0.2) is 31.0 Å². The van der Waals surface area contributed by atoms with E-state index in [2.05, 4.69) is 20.8 Å². The summed E-state index contributed by atoms with van der Waals surface area (Å²) in [5.74, 6) is -0.105. The van der Waals surface area contributed by atoms with Crippen molar-refractivity contribution in [3.05, 3.63) is 88.1 Å². The zero-order chi connectivity index (χ0) is 20.7. The van der Waals surface area contributed by atoms with Crippen LogP contribution in [0.15, 0.2) is 65.7 Å². The molecule has 0 spiro atoms. The third kappa shape index (κ3) is 3.02. The number of nitrogens with zero attached hydrogens (tertiary/aromatic N) is 4. The van der Waals surface area contributed by atoms with Gasteiger partial charge in [0.1, 0.15) is 5.69 Å². The molecule has 3 aromatic heterocycles. The SMILES string of the molecule is O=C(Nc1cc2c(n(Nc3ccc4nccn4n3)c1=O)CCC2=O)c1ccccc1. The molecule has 1 aromatic carbocycles. The minimum atomic E-state index is -0.472. The van der Waals surface area contributed by atoms with Gasteiger partial charge >= 0.3 is 0 Å². The summed E-state index contributed by atoms with van der Waals surface area (Å²) in [6.07, 6.45) is 4.04. The van der Waals surface area contributed by atoms with Crippen LogP contribution in [0.4, 0.5) is 11.5 Å². The Balaban J connectivity index is 1.56. The van der Waals surface area contributed by atoms with Crippen LogP contribution >= 0.6 is 0 Å². The Bertz CT molecular complexity index is 1360. The van der Waals surface area contributed by atoms with Crippen LogP contribution in [0.3, 0.4) is 0 Å². The third-order valence-electron chi connectivity index (χ3n) is 4.96. The van der Waals surface area contributed by atoms with Crippen LogP contribution in [0, 0.1) is 0 Å². The molecule has 0 aliphatic heterocycles. The van der Waals surface area contributed by atoms with E-state index in [0.29, 0.717) is 41.1 Å². The van der Waals surface area contributed by atoms with Crippen molar-refractivity contribution >= 4 is 28.8 Å². The molecule has 3 heterocycles. The molecule has 0 saturated carbocycles. The normalized spacial score (nSPS) is 12.7. The van der Waals surface area contributed by atoms with Crippen LogP contribution in [0.25, 0.3) is 5.65 Å². The highest BCUT2D eigenvalue weighted by atomic mass is 16.2. The van der Waals surface area contributed by atoms with Gasteiger partial charge in [0.05, 0.1) is 5.69 Å². The van der Waals surface area contributed by atoms with Crippen molar-refractivity contribution in [2.24, 2.45) is 0 Å². The Morgan fingerprint density at radius 1 is 1.03 bits per heavy atom. The molecule has 148 valence electrons. The van der Waals surface area contributed by atoms with E-state index in [1.54, 1.807) is 59.4 Å². The molecule has 1 aliphatic carbocycles. The van der Waals surface area contributed by atoms with Crippen LogP contribution in [0.1, 0.15) is 32.8 Å². The van der Waals surface area contributed by atoms with Gasteiger partial charge in [-0.2, -0.15) is 0 Å². The van der Waals surface area contributed by atoms with Crippen molar-refractivity contribution in [1.29, 1.82) is 0 Å². The molecule has 30 heavy (non-hydrogen) atoms.